The number of allylic oxidation sites excluding steroid dienone is 2. The Kier molecular flexibility index (Phi) is 4.03. The van der Waals surface area contributed by atoms with Gasteiger partial charge in [-0.1, -0.05) is 18.2 Å². The standard InChI is InChI=1S/C18H20N2O3/c1-11-7-8-13(9-12(11)2)19-16(21)10-20-17(22)14-5-3-4-6-15(14)18(20)23/h3-4,7-9,14-15H,5-6,10H2,1-2H3,(H,19,21)/t14-,15-/m1/s1. The number of anilines is 1. The number of benzene rings is 1. The van der Waals surface area contributed by atoms with Gasteiger partial charge in [0.15, 0.2) is 0 Å². The Balaban J connectivity index is 1.67. The lowest BCUT2D eigenvalue weighted by Gasteiger charge is -2.15. The summed E-state index contributed by atoms with van der Waals surface area (Å²) in [5, 5.41) is 2.76. The Hall–Kier alpha value is -2.43. The van der Waals surface area contributed by atoms with Crippen LogP contribution in [0.3, 0.4) is 0 Å². The number of hydrogen-bond acceptors (Lipinski definition) is 3. The molecule has 2 aliphatic rings. The molecule has 23 heavy (non-hydrogen) atoms. The summed E-state index contributed by atoms with van der Waals surface area (Å²) in [7, 11) is 0. The Morgan fingerprint density at radius 3 is 2.26 bits per heavy atom. The van der Waals surface area contributed by atoms with E-state index in [0.29, 0.717) is 18.5 Å². The van der Waals surface area contributed by atoms with Gasteiger partial charge < -0.3 is 5.32 Å². The van der Waals surface area contributed by atoms with Crippen molar-refractivity contribution in [3.05, 3.63) is 41.5 Å². The van der Waals surface area contributed by atoms with Crippen molar-refractivity contribution in [2.75, 3.05) is 11.9 Å². The van der Waals surface area contributed by atoms with Crippen LogP contribution in [0.5, 0.6) is 0 Å². The lowest BCUT2D eigenvalue weighted by molar-refractivity contribution is -0.142. The molecule has 1 fully saturated rings. The molecule has 1 aliphatic carbocycles. The molecule has 3 amide bonds. The van der Waals surface area contributed by atoms with E-state index in [9.17, 15) is 14.4 Å². The van der Waals surface area contributed by atoms with E-state index in [4.69, 9.17) is 0 Å². The third-order valence-electron chi connectivity index (χ3n) is 4.69. The topological polar surface area (TPSA) is 66.5 Å². The number of carbonyl (C=O) groups is 3. The first-order chi connectivity index (χ1) is 11.0. The predicted molar refractivity (Wildman–Crippen MR) is 86.6 cm³/mol. The molecule has 120 valence electrons. The largest absolute Gasteiger partial charge is 0.325 e. The molecule has 0 saturated carbocycles. The van der Waals surface area contributed by atoms with Crippen LogP contribution in [0.4, 0.5) is 5.69 Å². The first-order valence-electron chi connectivity index (χ1n) is 7.84. The maximum atomic E-state index is 12.3. The minimum atomic E-state index is -0.346. The van der Waals surface area contributed by atoms with E-state index in [2.05, 4.69) is 5.32 Å². The van der Waals surface area contributed by atoms with Crippen molar-refractivity contribution in [3.63, 3.8) is 0 Å². The van der Waals surface area contributed by atoms with Gasteiger partial charge in [0.05, 0.1) is 11.8 Å². The van der Waals surface area contributed by atoms with Gasteiger partial charge in [0.1, 0.15) is 6.54 Å². The number of hydrogen-bond donors (Lipinski definition) is 1. The summed E-state index contributed by atoms with van der Waals surface area (Å²) in [6.07, 6.45) is 5.05. The van der Waals surface area contributed by atoms with E-state index in [1.165, 1.54) is 0 Å². The molecule has 0 aromatic heterocycles. The number of likely N-dealkylation sites (tertiary alicyclic amines) is 1. The van der Waals surface area contributed by atoms with Crippen LogP contribution in [0.1, 0.15) is 24.0 Å². The highest BCUT2D eigenvalue weighted by molar-refractivity contribution is 6.08. The van der Waals surface area contributed by atoms with Crippen LogP contribution in [-0.2, 0) is 14.4 Å². The maximum Gasteiger partial charge on any atom is 0.244 e. The van der Waals surface area contributed by atoms with Crippen LogP contribution in [0, 0.1) is 25.7 Å². The Morgan fingerprint density at radius 2 is 1.70 bits per heavy atom. The predicted octanol–water partition coefficient (Wildman–Crippen LogP) is 2.19. The average molecular weight is 312 g/mol. The molecule has 1 heterocycles. The van der Waals surface area contributed by atoms with Gasteiger partial charge in [-0.25, -0.2) is 0 Å². The van der Waals surface area contributed by atoms with Crippen molar-refractivity contribution in [2.24, 2.45) is 11.8 Å². The van der Waals surface area contributed by atoms with Crippen molar-refractivity contribution < 1.29 is 14.4 Å². The summed E-state index contributed by atoms with van der Waals surface area (Å²) >= 11 is 0. The van der Waals surface area contributed by atoms with Crippen molar-refractivity contribution in [1.29, 1.82) is 0 Å². The second-order valence-electron chi connectivity index (χ2n) is 6.27. The number of rotatable bonds is 3. The highest BCUT2D eigenvalue weighted by Gasteiger charge is 2.47. The molecule has 1 aromatic rings. The summed E-state index contributed by atoms with van der Waals surface area (Å²) in [6, 6.07) is 5.62. The van der Waals surface area contributed by atoms with E-state index in [1.807, 2.05) is 44.2 Å². The van der Waals surface area contributed by atoms with Gasteiger partial charge in [-0.2, -0.15) is 0 Å². The second kappa shape index (κ2) is 5.99. The highest BCUT2D eigenvalue weighted by atomic mass is 16.2. The number of nitrogens with zero attached hydrogens (tertiary/aromatic N) is 1. The van der Waals surface area contributed by atoms with Crippen molar-refractivity contribution in [1.82, 2.24) is 4.90 Å². The Morgan fingerprint density at radius 1 is 1.09 bits per heavy atom. The lowest BCUT2D eigenvalue weighted by Crippen LogP contribution is -2.38. The molecule has 0 unspecified atom stereocenters. The summed E-state index contributed by atoms with van der Waals surface area (Å²) in [5.74, 6) is -1.37. The van der Waals surface area contributed by atoms with Gasteiger partial charge >= 0.3 is 0 Å². The fourth-order valence-electron chi connectivity index (χ4n) is 3.19. The molecular weight excluding hydrogens is 292 g/mol. The van der Waals surface area contributed by atoms with Gasteiger partial charge in [-0.05, 0) is 49.9 Å². The first-order valence-corrected chi connectivity index (χ1v) is 7.84. The molecule has 5 nitrogen and oxygen atoms in total. The van der Waals surface area contributed by atoms with Gasteiger partial charge in [0.25, 0.3) is 0 Å². The van der Waals surface area contributed by atoms with Crippen LogP contribution < -0.4 is 5.32 Å². The van der Waals surface area contributed by atoms with Crippen LogP contribution >= 0.6 is 0 Å². The maximum absolute atomic E-state index is 12.3. The van der Waals surface area contributed by atoms with Gasteiger partial charge in [-0.15, -0.1) is 0 Å². The monoisotopic (exact) mass is 312 g/mol. The first kappa shape index (κ1) is 15.5. The summed E-state index contributed by atoms with van der Waals surface area (Å²) < 4.78 is 0. The molecule has 0 radical (unpaired) electrons. The van der Waals surface area contributed by atoms with Crippen molar-refractivity contribution in [3.8, 4) is 0 Å². The van der Waals surface area contributed by atoms with Crippen LogP contribution in [0.15, 0.2) is 30.4 Å². The number of amides is 3. The number of fused-ring (bicyclic) bond motifs is 1. The summed E-state index contributed by atoms with van der Waals surface area (Å²) in [6.45, 7) is 3.76. The van der Waals surface area contributed by atoms with Gasteiger partial charge in [0.2, 0.25) is 17.7 Å². The molecule has 2 atom stereocenters. The molecular formula is C18H20N2O3. The SMILES string of the molecule is Cc1ccc(NC(=O)CN2C(=O)[C@@H]3CC=CC[C@H]3C2=O)cc1C. The minimum Gasteiger partial charge on any atom is -0.325 e. The average Bonchev–Trinajstić information content (AvgIpc) is 2.76. The molecule has 1 aliphatic heterocycles. The number of nitrogens with one attached hydrogen (secondary N) is 1. The normalized spacial score (nSPS) is 23.1. The molecule has 1 saturated heterocycles. The van der Waals surface area contributed by atoms with Crippen LogP contribution in [0.25, 0.3) is 0 Å². The number of imide groups is 1. The second-order valence-corrected chi connectivity index (χ2v) is 6.27. The molecule has 0 bridgehead atoms. The minimum absolute atomic E-state index is 0.211. The fourth-order valence-corrected chi connectivity index (χ4v) is 3.19. The van der Waals surface area contributed by atoms with E-state index in [-0.39, 0.29) is 36.1 Å². The van der Waals surface area contributed by atoms with E-state index in [1.54, 1.807) is 0 Å². The summed E-state index contributed by atoms with van der Waals surface area (Å²) in [4.78, 5) is 38.0. The quantitative estimate of drug-likeness (QED) is 0.687. The van der Waals surface area contributed by atoms with Crippen molar-refractivity contribution >= 4 is 23.4 Å². The van der Waals surface area contributed by atoms with E-state index < -0.39 is 0 Å². The third-order valence-corrected chi connectivity index (χ3v) is 4.69. The molecule has 1 aromatic carbocycles. The summed E-state index contributed by atoms with van der Waals surface area (Å²) in [5.41, 5.74) is 2.90. The van der Waals surface area contributed by atoms with Crippen LogP contribution in [0.2, 0.25) is 0 Å². The third kappa shape index (κ3) is 2.91. The van der Waals surface area contributed by atoms with Crippen LogP contribution in [-0.4, -0.2) is 29.2 Å². The molecule has 1 N–H and O–H groups in total. The Bertz CT molecular complexity index is 682. The lowest BCUT2D eigenvalue weighted by atomic mass is 9.85. The molecule has 5 heteroatoms. The zero-order valence-corrected chi connectivity index (χ0v) is 13.3. The zero-order chi connectivity index (χ0) is 16.6. The Labute approximate surface area is 135 Å². The smallest absolute Gasteiger partial charge is 0.244 e. The van der Waals surface area contributed by atoms with E-state index in [0.717, 1.165) is 16.0 Å². The van der Waals surface area contributed by atoms with E-state index >= 15 is 0 Å². The number of aryl methyl sites for hydroxylation is 2. The van der Waals surface area contributed by atoms with Crippen molar-refractivity contribution in [2.45, 2.75) is 26.7 Å². The zero-order valence-electron chi connectivity index (χ0n) is 13.3. The highest BCUT2D eigenvalue weighted by Crippen LogP contribution is 2.34. The number of carbonyl (C=O) groups excluding carboxylic acids is 3. The van der Waals surface area contributed by atoms with Gasteiger partial charge in [-0.3, -0.25) is 19.3 Å². The molecule has 0 spiro atoms. The molecule has 3 rings (SSSR count). The fraction of sp³-hybridized carbons (Fsp3) is 0.389. The van der Waals surface area contributed by atoms with Gasteiger partial charge in [0, 0.05) is 5.69 Å².